The number of nitrogens with one attached hydrogen (secondary N) is 1. The van der Waals surface area contributed by atoms with Crippen LogP contribution in [-0.2, 0) is 4.79 Å². The lowest BCUT2D eigenvalue weighted by Crippen LogP contribution is -2.42. The molecule has 2 fully saturated rings. The van der Waals surface area contributed by atoms with Gasteiger partial charge < -0.3 is 5.32 Å². The maximum absolute atomic E-state index is 12.0. The van der Waals surface area contributed by atoms with Gasteiger partial charge in [-0.25, -0.2) is 0 Å². The second-order valence-electron chi connectivity index (χ2n) is 5.50. The number of rotatable bonds is 4. The summed E-state index contributed by atoms with van der Waals surface area (Å²) in [6.07, 6.45) is 8.54. The van der Waals surface area contributed by atoms with E-state index in [2.05, 4.69) is 17.1 Å². The quantitative estimate of drug-likeness (QED) is 0.814. The van der Waals surface area contributed by atoms with Crippen molar-refractivity contribution in [1.82, 2.24) is 10.2 Å². The third kappa shape index (κ3) is 3.44. The van der Waals surface area contributed by atoms with Crippen molar-refractivity contribution in [2.75, 3.05) is 19.6 Å². The molecular weight excluding hydrogens is 212 g/mol. The number of nitrogens with zero attached hydrogens (tertiary/aromatic N) is 1. The van der Waals surface area contributed by atoms with Crippen molar-refractivity contribution in [1.29, 1.82) is 0 Å². The molecule has 0 aromatic rings. The lowest BCUT2D eigenvalue weighted by molar-refractivity contribution is -0.126. The van der Waals surface area contributed by atoms with Gasteiger partial charge in [0.1, 0.15) is 0 Å². The van der Waals surface area contributed by atoms with Crippen LogP contribution in [0.15, 0.2) is 0 Å². The summed E-state index contributed by atoms with van der Waals surface area (Å²) in [5, 5.41) is 3.18. The fraction of sp³-hybridized carbons (Fsp3) is 0.929. The highest BCUT2D eigenvalue weighted by molar-refractivity contribution is 5.78. The Morgan fingerprint density at radius 3 is 2.65 bits per heavy atom. The van der Waals surface area contributed by atoms with Crippen LogP contribution in [0.1, 0.15) is 51.9 Å². The Hall–Kier alpha value is -0.570. The molecule has 0 bridgehead atoms. The first-order chi connectivity index (χ1) is 8.31. The molecule has 3 nitrogen and oxygen atoms in total. The van der Waals surface area contributed by atoms with E-state index in [9.17, 15) is 4.79 Å². The number of hydrogen-bond donors (Lipinski definition) is 1. The van der Waals surface area contributed by atoms with Gasteiger partial charge >= 0.3 is 0 Å². The minimum absolute atomic E-state index is 0.306. The van der Waals surface area contributed by atoms with Crippen LogP contribution in [-0.4, -0.2) is 36.5 Å². The van der Waals surface area contributed by atoms with Gasteiger partial charge in [-0.1, -0.05) is 26.2 Å². The van der Waals surface area contributed by atoms with Crippen LogP contribution >= 0.6 is 0 Å². The molecule has 0 unspecified atom stereocenters. The highest BCUT2D eigenvalue weighted by Gasteiger charge is 2.25. The van der Waals surface area contributed by atoms with E-state index in [4.69, 9.17) is 0 Å². The fourth-order valence-electron chi connectivity index (χ4n) is 3.27. The molecular formula is C14H26N2O. The third-order valence-corrected chi connectivity index (χ3v) is 4.39. The molecule has 3 heteroatoms. The lowest BCUT2D eigenvalue weighted by atomic mass is 9.88. The first kappa shape index (κ1) is 12.9. The summed E-state index contributed by atoms with van der Waals surface area (Å²) in [5.74, 6) is 0.618. The van der Waals surface area contributed by atoms with E-state index in [1.807, 2.05) is 0 Å². The van der Waals surface area contributed by atoms with Gasteiger partial charge in [-0.05, 0) is 38.8 Å². The van der Waals surface area contributed by atoms with Gasteiger partial charge in [-0.3, -0.25) is 9.69 Å². The largest absolute Gasteiger partial charge is 0.354 e. The van der Waals surface area contributed by atoms with E-state index >= 15 is 0 Å². The molecule has 0 aromatic carbocycles. The molecule has 0 aromatic heterocycles. The molecule has 1 N–H and O–H groups in total. The minimum atomic E-state index is 0.306. The Labute approximate surface area is 105 Å². The van der Waals surface area contributed by atoms with E-state index in [-0.39, 0.29) is 0 Å². The van der Waals surface area contributed by atoms with Gasteiger partial charge in [-0.15, -0.1) is 0 Å². The van der Waals surface area contributed by atoms with Crippen LogP contribution in [0, 0.1) is 5.92 Å². The van der Waals surface area contributed by atoms with Gasteiger partial charge in [0, 0.05) is 18.5 Å². The van der Waals surface area contributed by atoms with E-state index in [1.54, 1.807) is 0 Å². The Bertz CT molecular complexity index is 249. The number of amides is 1. The zero-order valence-electron chi connectivity index (χ0n) is 11.1. The molecule has 0 spiro atoms. The maximum Gasteiger partial charge on any atom is 0.223 e. The molecule has 1 aliphatic heterocycles. The SMILES string of the molecule is CCN1CCC[C@@H]1CNC(=O)C1CCCCC1. The summed E-state index contributed by atoms with van der Waals surface area (Å²) in [7, 11) is 0. The minimum Gasteiger partial charge on any atom is -0.354 e. The number of carbonyl (C=O) groups is 1. The average Bonchev–Trinajstić information content (AvgIpc) is 2.84. The second kappa shape index (κ2) is 6.39. The zero-order valence-corrected chi connectivity index (χ0v) is 11.1. The van der Waals surface area contributed by atoms with E-state index in [1.165, 1.54) is 38.6 Å². The smallest absolute Gasteiger partial charge is 0.223 e. The van der Waals surface area contributed by atoms with Crippen LogP contribution in [0.4, 0.5) is 0 Å². The average molecular weight is 238 g/mol. The molecule has 1 heterocycles. The third-order valence-electron chi connectivity index (χ3n) is 4.39. The Kier molecular flexibility index (Phi) is 4.84. The molecule has 17 heavy (non-hydrogen) atoms. The van der Waals surface area contributed by atoms with Gasteiger partial charge in [0.15, 0.2) is 0 Å². The summed E-state index contributed by atoms with van der Waals surface area (Å²) in [6.45, 7) is 5.40. The van der Waals surface area contributed by atoms with Crippen molar-refractivity contribution >= 4 is 5.91 Å². The van der Waals surface area contributed by atoms with Gasteiger partial charge in [0.25, 0.3) is 0 Å². The van der Waals surface area contributed by atoms with Crippen LogP contribution < -0.4 is 5.32 Å². The van der Waals surface area contributed by atoms with Crippen molar-refractivity contribution < 1.29 is 4.79 Å². The number of likely N-dealkylation sites (tertiary alicyclic amines) is 1. The van der Waals surface area contributed by atoms with Crippen molar-refractivity contribution in [2.24, 2.45) is 5.92 Å². The highest BCUT2D eigenvalue weighted by Crippen LogP contribution is 2.23. The van der Waals surface area contributed by atoms with Crippen LogP contribution in [0.2, 0.25) is 0 Å². The highest BCUT2D eigenvalue weighted by atomic mass is 16.1. The Balaban J connectivity index is 1.71. The summed E-state index contributed by atoms with van der Waals surface area (Å²) < 4.78 is 0. The predicted octanol–water partition coefficient (Wildman–Crippen LogP) is 2.17. The van der Waals surface area contributed by atoms with E-state index < -0.39 is 0 Å². The fourth-order valence-corrected chi connectivity index (χ4v) is 3.27. The number of likely N-dealkylation sites (N-methyl/N-ethyl adjacent to an activating group) is 1. The lowest BCUT2D eigenvalue weighted by Gasteiger charge is -2.25. The Morgan fingerprint density at radius 2 is 1.94 bits per heavy atom. The van der Waals surface area contributed by atoms with Crippen molar-refractivity contribution in [3.63, 3.8) is 0 Å². The second-order valence-corrected chi connectivity index (χ2v) is 5.50. The summed E-state index contributed by atoms with van der Waals surface area (Å²) in [4.78, 5) is 14.5. The van der Waals surface area contributed by atoms with Gasteiger partial charge in [-0.2, -0.15) is 0 Å². The van der Waals surface area contributed by atoms with E-state index in [0.717, 1.165) is 25.9 Å². The molecule has 2 rings (SSSR count). The molecule has 1 aliphatic carbocycles. The summed E-state index contributed by atoms with van der Waals surface area (Å²) >= 11 is 0. The first-order valence-corrected chi connectivity index (χ1v) is 7.33. The van der Waals surface area contributed by atoms with Crippen LogP contribution in [0.3, 0.4) is 0 Å². The summed E-state index contributed by atoms with van der Waals surface area (Å²) in [5.41, 5.74) is 0. The van der Waals surface area contributed by atoms with Crippen LogP contribution in [0.25, 0.3) is 0 Å². The molecule has 0 radical (unpaired) electrons. The standard InChI is InChI=1S/C14H26N2O/c1-2-16-10-6-9-13(16)11-15-14(17)12-7-4-3-5-8-12/h12-13H,2-11H2,1H3,(H,15,17)/t13-/m1/s1. The normalized spacial score (nSPS) is 27.2. The number of carbonyl (C=O) groups excluding carboxylic acids is 1. The molecule has 1 saturated carbocycles. The predicted molar refractivity (Wildman–Crippen MR) is 69.9 cm³/mol. The van der Waals surface area contributed by atoms with Gasteiger partial charge in [0.2, 0.25) is 5.91 Å². The van der Waals surface area contributed by atoms with Crippen molar-refractivity contribution in [2.45, 2.75) is 57.9 Å². The molecule has 2 aliphatic rings. The molecule has 98 valence electrons. The van der Waals surface area contributed by atoms with Crippen molar-refractivity contribution in [3.8, 4) is 0 Å². The zero-order chi connectivity index (χ0) is 12.1. The number of hydrogen-bond acceptors (Lipinski definition) is 2. The van der Waals surface area contributed by atoms with E-state index in [0.29, 0.717) is 17.9 Å². The molecule has 1 saturated heterocycles. The maximum atomic E-state index is 12.0. The molecule has 1 amide bonds. The Morgan fingerprint density at radius 1 is 1.18 bits per heavy atom. The van der Waals surface area contributed by atoms with Crippen molar-refractivity contribution in [3.05, 3.63) is 0 Å². The monoisotopic (exact) mass is 238 g/mol. The topological polar surface area (TPSA) is 32.3 Å². The summed E-state index contributed by atoms with van der Waals surface area (Å²) in [6, 6.07) is 0.590. The first-order valence-electron chi connectivity index (χ1n) is 7.33. The molecule has 1 atom stereocenters. The van der Waals surface area contributed by atoms with Crippen LogP contribution in [0.5, 0.6) is 0 Å². The van der Waals surface area contributed by atoms with Gasteiger partial charge in [0.05, 0.1) is 0 Å².